The van der Waals surface area contributed by atoms with Crippen LogP contribution in [0.4, 0.5) is 11.5 Å². The summed E-state index contributed by atoms with van der Waals surface area (Å²) in [5, 5.41) is 2.70. The van der Waals surface area contributed by atoms with E-state index in [1.54, 1.807) is 18.3 Å². The van der Waals surface area contributed by atoms with Gasteiger partial charge in [0.2, 0.25) is 10.0 Å². The molecule has 1 N–H and O–H groups in total. The van der Waals surface area contributed by atoms with Crippen LogP contribution in [0.1, 0.15) is 10.4 Å². The first-order chi connectivity index (χ1) is 13.9. The molecule has 0 unspecified atom stereocenters. The predicted octanol–water partition coefficient (Wildman–Crippen LogP) is 1.03. The number of hydrogen-bond acceptors (Lipinski definition) is 6. The molecule has 1 aliphatic rings. The van der Waals surface area contributed by atoms with Gasteiger partial charge in [-0.1, -0.05) is 6.07 Å². The lowest BCUT2D eigenvalue weighted by Crippen LogP contribution is -2.50. The standard InChI is InChI=1S/C20H27N5O3S/c1-23(2)18-8-6-17(7-9-18)20(26)22-11-16-29(27,28)25-14-12-24(13-15-25)19-5-3-4-10-21-19/h3-10H,11-16H2,1-2H3,(H,22,26). The molecule has 156 valence electrons. The van der Waals surface area contributed by atoms with Crippen molar-refractivity contribution in [2.45, 2.75) is 0 Å². The van der Waals surface area contributed by atoms with Crippen molar-refractivity contribution in [3.05, 3.63) is 54.2 Å². The van der Waals surface area contributed by atoms with Crippen LogP contribution in [0.15, 0.2) is 48.7 Å². The molecular formula is C20H27N5O3S. The highest BCUT2D eigenvalue weighted by Gasteiger charge is 2.27. The molecule has 1 saturated heterocycles. The van der Waals surface area contributed by atoms with Gasteiger partial charge in [-0.15, -0.1) is 0 Å². The molecule has 3 rings (SSSR count). The minimum atomic E-state index is -3.42. The molecule has 2 heterocycles. The van der Waals surface area contributed by atoms with Gasteiger partial charge >= 0.3 is 0 Å². The summed E-state index contributed by atoms with van der Waals surface area (Å²) in [5.41, 5.74) is 1.51. The van der Waals surface area contributed by atoms with E-state index >= 15 is 0 Å². The van der Waals surface area contributed by atoms with E-state index in [-0.39, 0.29) is 18.2 Å². The first-order valence-corrected chi connectivity index (χ1v) is 11.2. The second-order valence-electron chi connectivity index (χ2n) is 7.09. The smallest absolute Gasteiger partial charge is 0.251 e. The van der Waals surface area contributed by atoms with Crippen molar-refractivity contribution in [1.82, 2.24) is 14.6 Å². The number of nitrogens with one attached hydrogen (secondary N) is 1. The van der Waals surface area contributed by atoms with Crippen molar-refractivity contribution in [3.63, 3.8) is 0 Å². The van der Waals surface area contributed by atoms with Crippen molar-refractivity contribution in [1.29, 1.82) is 0 Å². The Morgan fingerprint density at radius 3 is 2.34 bits per heavy atom. The second kappa shape index (κ2) is 9.23. The minimum Gasteiger partial charge on any atom is -0.378 e. The van der Waals surface area contributed by atoms with Crippen molar-refractivity contribution in [3.8, 4) is 0 Å². The van der Waals surface area contributed by atoms with Crippen molar-refractivity contribution in [2.75, 3.05) is 62.4 Å². The molecule has 0 spiro atoms. The predicted molar refractivity (Wildman–Crippen MR) is 115 cm³/mol. The number of piperazine rings is 1. The minimum absolute atomic E-state index is 0.0804. The fourth-order valence-electron chi connectivity index (χ4n) is 3.17. The molecule has 29 heavy (non-hydrogen) atoms. The fourth-order valence-corrected chi connectivity index (χ4v) is 4.51. The number of sulfonamides is 1. The number of anilines is 2. The van der Waals surface area contributed by atoms with E-state index in [1.807, 2.05) is 49.3 Å². The van der Waals surface area contributed by atoms with Crippen LogP contribution in [-0.2, 0) is 10.0 Å². The Labute approximate surface area is 172 Å². The number of carbonyl (C=O) groups excluding carboxylic acids is 1. The van der Waals surface area contributed by atoms with E-state index in [0.717, 1.165) is 11.5 Å². The van der Waals surface area contributed by atoms with Crippen LogP contribution in [0, 0.1) is 0 Å². The van der Waals surface area contributed by atoms with Gasteiger partial charge in [-0.2, -0.15) is 4.31 Å². The third kappa shape index (κ3) is 5.45. The van der Waals surface area contributed by atoms with E-state index in [1.165, 1.54) is 4.31 Å². The molecule has 1 aromatic heterocycles. The van der Waals surface area contributed by atoms with Crippen LogP contribution in [0.2, 0.25) is 0 Å². The summed E-state index contributed by atoms with van der Waals surface area (Å²) >= 11 is 0. The summed E-state index contributed by atoms with van der Waals surface area (Å²) in [7, 11) is 0.434. The lowest BCUT2D eigenvalue weighted by molar-refractivity contribution is 0.0956. The monoisotopic (exact) mass is 417 g/mol. The number of amides is 1. The summed E-state index contributed by atoms with van der Waals surface area (Å²) in [4.78, 5) is 20.6. The van der Waals surface area contributed by atoms with Gasteiger partial charge in [0.1, 0.15) is 5.82 Å². The van der Waals surface area contributed by atoms with Crippen molar-refractivity contribution in [2.24, 2.45) is 0 Å². The van der Waals surface area contributed by atoms with Gasteiger partial charge in [0.25, 0.3) is 5.91 Å². The molecule has 8 nitrogen and oxygen atoms in total. The van der Waals surface area contributed by atoms with Crippen LogP contribution >= 0.6 is 0 Å². The number of aromatic nitrogens is 1. The zero-order valence-electron chi connectivity index (χ0n) is 16.8. The number of pyridine rings is 1. The molecule has 1 fully saturated rings. The Balaban J connectivity index is 1.47. The third-order valence-electron chi connectivity index (χ3n) is 4.90. The van der Waals surface area contributed by atoms with E-state index in [0.29, 0.717) is 31.7 Å². The topological polar surface area (TPSA) is 85.8 Å². The Kier molecular flexibility index (Phi) is 6.71. The normalized spacial score (nSPS) is 15.2. The maximum atomic E-state index is 12.6. The zero-order chi connectivity index (χ0) is 20.9. The fraction of sp³-hybridized carbons (Fsp3) is 0.400. The molecular weight excluding hydrogens is 390 g/mol. The average molecular weight is 418 g/mol. The van der Waals surface area contributed by atoms with Crippen LogP contribution in [0.3, 0.4) is 0 Å². The molecule has 1 aliphatic heterocycles. The Bertz CT molecular complexity index is 909. The van der Waals surface area contributed by atoms with E-state index < -0.39 is 10.0 Å². The molecule has 1 aromatic carbocycles. The highest BCUT2D eigenvalue weighted by atomic mass is 32.2. The summed E-state index contributed by atoms with van der Waals surface area (Å²) in [6, 6.07) is 12.9. The maximum absolute atomic E-state index is 12.6. The number of nitrogens with zero attached hydrogens (tertiary/aromatic N) is 4. The van der Waals surface area contributed by atoms with E-state index in [9.17, 15) is 13.2 Å². The second-order valence-corrected chi connectivity index (χ2v) is 9.18. The molecule has 2 aromatic rings. The number of rotatable bonds is 7. The van der Waals surface area contributed by atoms with Crippen molar-refractivity contribution >= 4 is 27.4 Å². The molecule has 0 radical (unpaired) electrons. The summed E-state index contributed by atoms with van der Waals surface area (Å²) in [5.74, 6) is 0.473. The lowest BCUT2D eigenvalue weighted by Gasteiger charge is -2.34. The summed E-state index contributed by atoms with van der Waals surface area (Å²) in [6.07, 6.45) is 1.73. The lowest BCUT2D eigenvalue weighted by atomic mass is 10.2. The zero-order valence-corrected chi connectivity index (χ0v) is 17.6. The van der Waals surface area contributed by atoms with Crippen LogP contribution in [0.5, 0.6) is 0 Å². The molecule has 0 bridgehead atoms. The Morgan fingerprint density at radius 1 is 1.07 bits per heavy atom. The summed E-state index contributed by atoms with van der Waals surface area (Å²) in [6.45, 7) is 2.11. The molecule has 9 heteroatoms. The number of carbonyl (C=O) groups is 1. The van der Waals surface area contributed by atoms with Gasteiger partial charge < -0.3 is 15.1 Å². The van der Waals surface area contributed by atoms with Crippen LogP contribution < -0.4 is 15.1 Å². The highest BCUT2D eigenvalue weighted by Crippen LogP contribution is 2.15. The third-order valence-corrected chi connectivity index (χ3v) is 6.77. The molecule has 0 aliphatic carbocycles. The molecule has 0 saturated carbocycles. The first kappa shape index (κ1) is 21.1. The first-order valence-electron chi connectivity index (χ1n) is 9.56. The summed E-state index contributed by atoms with van der Waals surface area (Å²) < 4.78 is 26.7. The largest absolute Gasteiger partial charge is 0.378 e. The molecule has 0 atom stereocenters. The Hall–Kier alpha value is -2.65. The van der Waals surface area contributed by atoms with E-state index in [2.05, 4.69) is 15.2 Å². The van der Waals surface area contributed by atoms with Crippen LogP contribution in [0.25, 0.3) is 0 Å². The average Bonchev–Trinajstić information content (AvgIpc) is 2.74. The van der Waals surface area contributed by atoms with Gasteiger partial charge in [-0.25, -0.2) is 13.4 Å². The van der Waals surface area contributed by atoms with Crippen molar-refractivity contribution < 1.29 is 13.2 Å². The van der Waals surface area contributed by atoms with Gasteiger partial charge in [-0.3, -0.25) is 4.79 Å². The SMILES string of the molecule is CN(C)c1ccc(C(=O)NCCS(=O)(=O)N2CCN(c3ccccn3)CC2)cc1. The number of hydrogen-bond donors (Lipinski definition) is 1. The highest BCUT2D eigenvalue weighted by molar-refractivity contribution is 7.89. The van der Waals surface area contributed by atoms with Gasteiger partial charge in [0, 0.05) is 64.3 Å². The quantitative estimate of drug-likeness (QED) is 0.724. The molecule has 1 amide bonds. The van der Waals surface area contributed by atoms with E-state index in [4.69, 9.17) is 0 Å². The maximum Gasteiger partial charge on any atom is 0.251 e. The van der Waals surface area contributed by atoms with Gasteiger partial charge in [0.05, 0.1) is 5.75 Å². The number of benzene rings is 1. The van der Waals surface area contributed by atoms with Gasteiger partial charge in [0.15, 0.2) is 0 Å². The van der Waals surface area contributed by atoms with Crippen LogP contribution in [-0.4, -0.2) is 76.2 Å². The van der Waals surface area contributed by atoms with Gasteiger partial charge in [-0.05, 0) is 36.4 Å². The Morgan fingerprint density at radius 2 is 1.76 bits per heavy atom.